The fraction of sp³-hybridized carbons (Fsp3) is 0.316. The number of alkyl halides is 3. The molecule has 1 aromatic carbocycles. The van der Waals surface area contributed by atoms with Crippen molar-refractivity contribution in [3.05, 3.63) is 54.0 Å². The number of nitrogens with one attached hydrogen (secondary N) is 3. The summed E-state index contributed by atoms with van der Waals surface area (Å²) in [5, 5.41) is 13.1. The molecular weight excluding hydrogens is 528 g/mol. The number of hydrogen-bond acceptors (Lipinski definition) is 5. The van der Waals surface area contributed by atoms with Gasteiger partial charge in [0.05, 0.1) is 12.8 Å². The third-order valence-corrected chi connectivity index (χ3v) is 3.88. The Labute approximate surface area is 193 Å². The predicted molar refractivity (Wildman–Crippen MR) is 119 cm³/mol. The van der Waals surface area contributed by atoms with Crippen molar-refractivity contribution in [3.63, 3.8) is 0 Å². The van der Waals surface area contributed by atoms with Crippen molar-refractivity contribution in [2.45, 2.75) is 26.3 Å². The zero-order chi connectivity index (χ0) is 21.4. The van der Waals surface area contributed by atoms with E-state index >= 15 is 0 Å². The van der Waals surface area contributed by atoms with Gasteiger partial charge in [0.2, 0.25) is 5.82 Å². The van der Waals surface area contributed by atoms with Gasteiger partial charge in [-0.15, -0.1) is 37.1 Å². The molecule has 0 aliphatic rings. The summed E-state index contributed by atoms with van der Waals surface area (Å²) in [6.45, 7) is 2.99. The molecule has 0 saturated heterocycles. The van der Waals surface area contributed by atoms with Crippen molar-refractivity contribution in [3.8, 4) is 17.3 Å². The molecule has 8 nitrogen and oxygen atoms in total. The first-order valence-corrected chi connectivity index (χ1v) is 9.25. The molecule has 0 fully saturated rings. The molecule has 3 rings (SSSR count). The first-order chi connectivity index (χ1) is 14.4. The first kappa shape index (κ1) is 24.5. The second kappa shape index (κ2) is 11.6. The summed E-state index contributed by atoms with van der Waals surface area (Å²) in [6.07, 6.45) is -2.68. The van der Waals surface area contributed by atoms with E-state index < -0.39 is 6.36 Å². The molecule has 0 saturated carbocycles. The van der Waals surface area contributed by atoms with Crippen LogP contribution in [0.3, 0.4) is 0 Å². The van der Waals surface area contributed by atoms with Crippen LogP contribution in [-0.4, -0.2) is 40.6 Å². The summed E-state index contributed by atoms with van der Waals surface area (Å²) in [5.74, 6) is 1.90. The quantitative estimate of drug-likeness (QED) is 0.224. The number of halogens is 4. The van der Waals surface area contributed by atoms with Gasteiger partial charge < -0.3 is 19.8 Å². The monoisotopic (exact) mass is 550 g/mol. The molecule has 0 amide bonds. The number of aromatic amines is 1. The number of guanidine groups is 1. The van der Waals surface area contributed by atoms with Gasteiger partial charge in [0.15, 0.2) is 11.7 Å². The van der Waals surface area contributed by atoms with Crippen LogP contribution in [0, 0.1) is 0 Å². The van der Waals surface area contributed by atoms with Gasteiger partial charge in [-0.05, 0) is 25.1 Å². The third-order valence-electron chi connectivity index (χ3n) is 3.88. The Morgan fingerprint density at radius 1 is 1.19 bits per heavy atom. The minimum atomic E-state index is -4.76. The van der Waals surface area contributed by atoms with Crippen molar-refractivity contribution in [2.24, 2.45) is 4.99 Å². The number of rotatable bonds is 8. The normalized spacial score (nSPS) is 11.7. The molecule has 0 radical (unpaired) electrons. The van der Waals surface area contributed by atoms with E-state index in [1.165, 1.54) is 12.1 Å². The number of benzene rings is 1. The van der Waals surface area contributed by atoms with Crippen LogP contribution in [0.2, 0.25) is 0 Å². The molecule has 12 heteroatoms. The van der Waals surface area contributed by atoms with Gasteiger partial charge >= 0.3 is 6.36 Å². The molecule has 0 aliphatic heterocycles. The molecule has 168 valence electrons. The third kappa shape index (κ3) is 7.77. The van der Waals surface area contributed by atoms with Gasteiger partial charge in [-0.3, -0.25) is 5.10 Å². The van der Waals surface area contributed by atoms with E-state index in [0.717, 1.165) is 0 Å². The fourth-order valence-corrected chi connectivity index (χ4v) is 2.59. The lowest BCUT2D eigenvalue weighted by Gasteiger charge is -2.13. The van der Waals surface area contributed by atoms with E-state index in [2.05, 4.69) is 35.5 Å². The van der Waals surface area contributed by atoms with Gasteiger partial charge in [0.25, 0.3) is 0 Å². The maximum absolute atomic E-state index is 12.6. The Balaban J connectivity index is 0.00000341. The Kier molecular flexibility index (Phi) is 9.15. The first-order valence-electron chi connectivity index (χ1n) is 9.25. The van der Waals surface area contributed by atoms with E-state index in [9.17, 15) is 13.2 Å². The van der Waals surface area contributed by atoms with Crippen LogP contribution in [-0.2, 0) is 13.0 Å². The topological polar surface area (TPSA) is 100 Å². The molecule has 0 bridgehead atoms. The van der Waals surface area contributed by atoms with E-state index in [1.807, 2.05) is 6.92 Å². The van der Waals surface area contributed by atoms with Crippen LogP contribution in [0.25, 0.3) is 11.6 Å². The second-order valence-corrected chi connectivity index (χ2v) is 6.11. The lowest BCUT2D eigenvalue weighted by atomic mass is 10.2. The Bertz CT molecular complexity index is 960. The molecule has 0 atom stereocenters. The Morgan fingerprint density at radius 2 is 2.00 bits per heavy atom. The van der Waals surface area contributed by atoms with E-state index in [-0.39, 0.29) is 36.3 Å². The largest absolute Gasteiger partial charge is 0.573 e. The Hall–Kier alpha value is -2.77. The Morgan fingerprint density at radius 3 is 2.71 bits per heavy atom. The van der Waals surface area contributed by atoms with Crippen LogP contribution >= 0.6 is 24.0 Å². The molecule has 3 N–H and O–H groups in total. The zero-order valence-corrected chi connectivity index (χ0v) is 18.9. The number of aliphatic imine (C=N–C) groups is 1. The van der Waals surface area contributed by atoms with Crippen molar-refractivity contribution in [2.75, 3.05) is 13.1 Å². The standard InChI is InChI=1S/C19H21F3N6O2.HI/c1-2-23-18(25-12-13-6-3-4-7-14(13)30-19(20,21)22)24-10-9-16-26-17(28-27-16)15-8-5-11-29-15;/h3-8,11H,2,9-10,12H2,1H3,(H2,23,24,25)(H,26,27,28);1H. The highest BCUT2D eigenvalue weighted by Crippen LogP contribution is 2.26. The average molecular weight is 550 g/mol. The van der Waals surface area contributed by atoms with Gasteiger partial charge in [-0.25, -0.2) is 9.98 Å². The number of para-hydroxylation sites is 1. The van der Waals surface area contributed by atoms with E-state index in [0.29, 0.717) is 48.4 Å². The highest BCUT2D eigenvalue weighted by molar-refractivity contribution is 14.0. The summed E-state index contributed by atoms with van der Waals surface area (Å²) >= 11 is 0. The van der Waals surface area contributed by atoms with Crippen molar-refractivity contribution in [1.29, 1.82) is 0 Å². The maximum Gasteiger partial charge on any atom is 0.573 e. The number of furan rings is 1. The summed E-state index contributed by atoms with van der Waals surface area (Å²) in [7, 11) is 0. The van der Waals surface area contributed by atoms with Crippen molar-refractivity contribution < 1.29 is 22.3 Å². The minimum Gasteiger partial charge on any atom is -0.461 e. The molecule has 0 aliphatic carbocycles. The SMILES string of the molecule is CCNC(=NCc1ccccc1OC(F)(F)F)NCCc1nc(-c2ccco2)n[nH]1.I. The molecule has 31 heavy (non-hydrogen) atoms. The maximum atomic E-state index is 12.6. The lowest BCUT2D eigenvalue weighted by molar-refractivity contribution is -0.274. The van der Waals surface area contributed by atoms with Crippen molar-refractivity contribution in [1.82, 2.24) is 25.8 Å². The number of hydrogen-bond donors (Lipinski definition) is 3. The summed E-state index contributed by atoms with van der Waals surface area (Å²) in [6, 6.07) is 9.44. The lowest BCUT2D eigenvalue weighted by Crippen LogP contribution is -2.38. The smallest absolute Gasteiger partial charge is 0.461 e. The van der Waals surface area contributed by atoms with Crippen LogP contribution < -0.4 is 15.4 Å². The van der Waals surface area contributed by atoms with Gasteiger partial charge in [0, 0.05) is 25.1 Å². The number of H-pyrrole nitrogens is 1. The highest BCUT2D eigenvalue weighted by Gasteiger charge is 2.31. The fourth-order valence-electron chi connectivity index (χ4n) is 2.59. The molecule has 2 heterocycles. The van der Waals surface area contributed by atoms with E-state index in [1.54, 1.807) is 30.5 Å². The van der Waals surface area contributed by atoms with Crippen LogP contribution in [0.5, 0.6) is 5.75 Å². The summed E-state index contributed by atoms with van der Waals surface area (Å²) < 4.78 is 47.0. The molecule has 3 aromatic rings. The second-order valence-electron chi connectivity index (χ2n) is 6.11. The predicted octanol–water partition coefficient (Wildman–Crippen LogP) is 3.88. The highest BCUT2D eigenvalue weighted by atomic mass is 127. The van der Waals surface area contributed by atoms with Crippen LogP contribution in [0.15, 0.2) is 52.1 Å². The summed E-state index contributed by atoms with van der Waals surface area (Å²) in [4.78, 5) is 8.69. The van der Waals surface area contributed by atoms with E-state index in [4.69, 9.17) is 4.42 Å². The van der Waals surface area contributed by atoms with Gasteiger partial charge in [-0.1, -0.05) is 18.2 Å². The minimum absolute atomic E-state index is 0. The number of nitrogens with zero attached hydrogens (tertiary/aromatic N) is 3. The van der Waals surface area contributed by atoms with Gasteiger partial charge in [-0.2, -0.15) is 5.10 Å². The van der Waals surface area contributed by atoms with Gasteiger partial charge in [0.1, 0.15) is 11.6 Å². The van der Waals surface area contributed by atoms with Crippen molar-refractivity contribution >= 4 is 29.9 Å². The molecular formula is C19H22F3IN6O2. The molecule has 2 aromatic heterocycles. The molecule has 0 unspecified atom stereocenters. The number of ether oxygens (including phenoxy) is 1. The average Bonchev–Trinajstić information content (AvgIpc) is 3.37. The van der Waals surface area contributed by atoms with Crippen LogP contribution in [0.1, 0.15) is 18.3 Å². The van der Waals surface area contributed by atoms with Crippen LogP contribution in [0.4, 0.5) is 13.2 Å². The number of aromatic nitrogens is 3. The summed E-state index contributed by atoms with van der Waals surface area (Å²) in [5.41, 5.74) is 0.324. The molecule has 0 spiro atoms. The zero-order valence-electron chi connectivity index (χ0n) is 16.6.